The zero-order valence-electron chi connectivity index (χ0n) is 19.2. The molecule has 0 atom stereocenters. The molecule has 0 aliphatic rings. The predicted molar refractivity (Wildman–Crippen MR) is 108 cm³/mol. The van der Waals surface area contributed by atoms with Crippen LogP contribution < -0.4 is 29.6 Å². The summed E-state index contributed by atoms with van der Waals surface area (Å²) in [6.07, 6.45) is 22.2. The van der Waals surface area contributed by atoms with Gasteiger partial charge >= 0.3 is 35.5 Å². The Bertz CT molecular complexity index is 278. The van der Waals surface area contributed by atoms with Crippen molar-refractivity contribution in [2.45, 2.75) is 117 Å². The summed E-state index contributed by atoms with van der Waals surface area (Å²) in [6.45, 7) is 5.41. The van der Waals surface area contributed by atoms with E-state index in [1.807, 2.05) is 0 Å². The first-order valence-electron chi connectivity index (χ1n) is 11.0. The first-order chi connectivity index (χ1) is 12.3. The van der Waals surface area contributed by atoms with Crippen LogP contribution in [0.1, 0.15) is 118 Å². The van der Waals surface area contributed by atoms with Gasteiger partial charge in [-0.1, -0.05) is 103 Å². The normalized spacial score (nSPS) is 10.5. The van der Waals surface area contributed by atoms with Gasteiger partial charge in [0.1, 0.15) is 6.61 Å². The molecule has 152 valence electrons. The Labute approximate surface area is 187 Å². The smallest absolute Gasteiger partial charge is 1.00 e. The number of rotatable bonds is 20. The molecule has 0 rings (SSSR count). The fraction of sp³-hybridized carbons (Fsp3) is 0.955. The quantitative estimate of drug-likeness (QED) is 0.182. The third-order valence-electron chi connectivity index (χ3n) is 4.68. The summed E-state index contributed by atoms with van der Waals surface area (Å²) >= 11 is 0. The van der Waals surface area contributed by atoms with Crippen molar-refractivity contribution >= 4 is 5.97 Å². The summed E-state index contributed by atoms with van der Waals surface area (Å²) in [4.78, 5) is 10.6. The second kappa shape index (κ2) is 25.4. The van der Waals surface area contributed by atoms with Gasteiger partial charge in [0.15, 0.2) is 0 Å². The second-order valence-electron chi connectivity index (χ2n) is 7.26. The molecule has 0 aromatic carbocycles. The monoisotopic (exact) mass is 380 g/mol. The Morgan fingerprint density at radius 3 is 1.38 bits per heavy atom. The molecule has 0 amide bonds. The van der Waals surface area contributed by atoms with E-state index in [0.29, 0.717) is 13.2 Å². The van der Waals surface area contributed by atoms with E-state index in [-0.39, 0.29) is 37.0 Å². The Morgan fingerprint density at radius 2 is 1.00 bits per heavy atom. The zero-order chi connectivity index (χ0) is 18.4. The van der Waals surface area contributed by atoms with Gasteiger partial charge in [-0.25, -0.2) is 0 Å². The molecule has 4 heteroatoms. The van der Waals surface area contributed by atoms with E-state index in [4.69, 9.17) is 9.47 Å². The van der Waals surface area contributed by atoms with E-state index < -0.39 is 0 Å². The Morgan fingerprint density at radius 1 is 0.615 bits per heavy atom. The summed E-state index contributed by atoms with van der Waals surface area (Å²) in [5, 5.41) is 0. The average molecular weight is 381 g/mol. The van der Waals surface area contributed by atoms with Crippen molar-refractivity contribution in [3.63, 3.8) is 0 Å². The molecule has 0 fully saturated rings. The predicted octanol–water partition coefficient (Wildman–Crippen LogP) is 3.94. The van der Waals surface area contributed by atoms with Gasteiger partial charge in [0, 0.05) is 13.5 Å². The van der Waals surface area contributed by atoms with Crippen LogP contribution in [-0.2, 0) is 14.3 Å². The van der Waals surface area contributed by atoms with Gasteiger partial charge in [-0.15, -0.1) is 0 Å². The Kier molecular flexibility index (Phi) is 28.0. The first kappa shape index (κ1) is 28.6. The van der Waals surface area contributed by atoms with Crippen LogP contribution in [0.25, 0.3) is 0 Å². The summed E-state index contributed by atoms with van der Waals surface area (Å²) in [6, 6.07) is 0. The molecule has 0 bridgehead atoms. The molecule has 26 heavy (non-hydrogen) atoms. The van der Waals surface area contributed by atoms with Gasteiger partial charge < -0.3 is 10.9 Å². The standard InChI is InChI=1S/C22H44O3.Na.H/c1-3-4-5-6-7-8-9-10-11-12-13-14-15-16-17-18-19-24-20-21-25-22(2)23;;/h3-21H2,1-2H3;;/q;+1;-1. The maximum atomic E-state index is 10.6. The largest absolute Gasteiger partial charge is 1.00 e. The van der Waals surface area contributed by atoms with Crippen molar-refractivity contribution in [2.24, 2.45) is 0 Å². The van der Waals surface area contributed by atoms with Crippen LogP contribution in [0.5, 0.6) is 0 Å². The molecule has 0 N–H and O–H groups in total. The third-order valence-corrected chi connectivity index (χ3v) is 4.68. The number of carbonyl (C=O) groups is 1. The fourth-order valence-corrected chi connectivity index (χ4v) is 3.10. The minimum absolute atomic E-state index is 0. The van der Waals surface area contributed by atoms with Crippen molar-refractivity contribution in [1.82, 2.24) is 0 Å². The van der Waals surface area contributed by atoms with Gasteiger partial charge in [0.2, 0.25) is 0 Å². The summed E-state index contributed by atoms with van der Waals surface area (Å²) in [7, 11) is 0. The van der Waals surface area contributed by atoms with Gasteiger partial charge in [-0.05, 0) is 6.42 Å². The molecule has 0 aromatic heterocycles. The van der Waals surface area contributed by atoms with E-state index >= 15 is 0 Å². The number of unbranched alkanes of at least 4 members (excludes halogenated alkanes) is 15. The fourth-order valence-electron chi connectivity index (χ4n) is 3.10. The molecule has 0 saturated carbocycles. The topological polar surface area (TPSA) is 35.5 Å². The third kappa shape index (κ3) is 26.7. The molecule has 0 saturated heterocycles. The van der Waals surface area contributed by atoms with Crippen molar-refractivity contribution in [3.05, 3.63) is 0 Å². The summed E-state index contributed by atoms with van der Waals surface area (Å²) < 4.78 is 10.2. The van der Waals surface area contributed by atoms with E-state index in [0.717, 1.165) is 13.0 Å². The SMILES string of the molecule is CCCCCCCCCCCCCCCCCCOCCOC(C)=O.[H-].[Na+]. The molecule has 0 unspecified atom stereocenters. The number of esters is 1. The van der Waals surface area contributed by atoms with Gasteiger partial charge in [0.25, 0.3) is 0 Å². The number of hydrogen-bond donors (Lipinski definition) is 0. The van der Waals surface area contributed by atoms with Crippen molar-refractivity contribution < 1.29 is 45.3 Å². The van der Waals surface area contributed by atoms with Crippen molar-refractivity contribution in [1.29, 1.82) is 0 Å². The Hall–Kier alpha value is 0.430. The molecule has 3 nitrogen and oxygen atoms in total. The molecule has 0 spiro atoms. The minimum Gasteiger partial charge on any atom is -1.00 e. The molecule has 0 aromatic rings. The molecular weight excluding hydrogens is 335 g/mol. The van der Waals surface area contributed by atoms with Gasteiger partial charge in [-0.2, -0.15) is 0 Å². The van der Waals surface area contributed by atoms with E-state index in [1.54, 1.807) is 0 Å². The second-order valence-corrected chi connectivity index (χ2v) is 7.26. The zero-order valence-corrected chi connectivity index (χ0v) is 20.2. The average Bonchev–Trinajstić information content (AvgIpc) is 2.60. The van der Waals surface area contributed by atoms with Crippen LogP contribution in [0.2, 0.25) is 0 Å². The summed E-state index contributed by atoms with van der Waals surface area (Å²) in [5.41, 5.74) is 0. The van der Waals surface area contributed by atoms with E-state index in [2.05, 4.69) is 6.92 Å². The number of carbonyl (C=O) groups excluding carboxylic acids is 1. The van der Waals surface area contributed by atoms with Crippen LogP contribution in [-0.4, -0.2) is 25.8 Å². The van der Waals surface area contributed by atoms with Gasteiger partial charge in [-0.3, -0.25) is 4.79 Å². The van der Waals surface area contributed by atoms with Crippen LogP contribution >= 0.6 is 0 Å². The van der Waals surface area contributed by atoms with Crippen molar-refractivity contribution in [3.8, 4) is 0 Å². The maximum absolute atomic E-state index is 10.6. The summed E-state index contributed by atoms with van der Waals surface area (Å²) in [5.74, 6) is -0.231. The van der Waals surface area contributed by atoms with E-state index in [9.17, 15) is 4.79 Å². The molecule has 0 heterocycles. The van der Waals surface area contributed by atoms with Crippen LogP contribution in [0.3, 0.4) is 0 Å². The molecule has 0 aliphatic carbocycles. The molecule has 0 radical (unpaired) electrons. The van der Waals surface area contributed by atoms with Crippen LogP contribution in [0.4, 0.5) is 0 Å². The number of hydrogen-bond acceptors (Lipinski definition) is 3. The van der Waals surface area contributed by atoms with Crippen molar-refractivity contribution in [2.75, 3.05) is 19.8 Å². The maximum Gasteiger partial charge on any atom is 1.00 e. The van der Waals surface area contributed by atoms with Crippen LogP contribution in [0.15, 0.2) is 0 Å². The number of ether oxygens (including phenoxy) is 2. The Balaban J connectivity index is -0.00000288. The van der Waals surface area contributed by atoms with E-state index in [1.165, 1.54) is 103 Å². The molecule has 0 aliphatic heterocycles. The molecular formula is C22H45NaO3. The van der Waals surface area contributed by atoms with Crippen LogP contribution in [0, 0.1) is 0 Å². The van der Waals surface area contributed by atoms with Gasteiger partial charge in [0.05, 0.1) is 6.61 Å². The first-order valence-corrected chi connectivity index (χ1v) is 11.0. The minimum atomic E-state index is -0.231.